The Morgan fingerprint density at radius 2 is 2.05 bits per heavy atom. The molecule has 0 aliphatic carbocycles. The molecule has 112 valence electrons. The maximum atomic E-state index is 10.9. The summed E-state index contributed by atoms with van der Waals surface area (Å²) in [6, 6.07) is 10.4. The Kier molecular flexibility index (Phi) is 5.47. The van der Waals surface area contributed by atoms with Crippen molar-refractivity contribution in [3.05, 3.63) is 52.0 Å². The molecule has 5 heteroatoms. The van der Waals surface area contributed by atoms with E-state index < -0.39 is 5.97 Å². The third-order valence-corrected chi connectivity index (χ3v) is 4.13. The van der Waals surface area contributed by atoms with E-state index in [2.05, 4.69) is 17.1 Å². The number of aliphatic carboxylic acids is 1. The van der Waals surface area contributed by atoms with Crippen molar-refractivity contribution in [3.63, 3.8) is 0 Å². The molecule has 0 aliphatic rings. The van der Waals surface area contributed by atoms with Crippen LogP contribution >= 0.6 is 11.3 Å². The topological polar surface area (TPSA) is 53.4 Å². The zero-order chi connectivity index (χ0) is 15.2. The first-order valence-corrected chi connectivity index (χ1v) is 7.85. The van der Waals surface area contributed by atoms with Crippen LogP contribution in [0, 0.1) is 0 Å². The third kappa shape index (κ3) is 4.95. The van der Waals surface area contributed by atoms with Gasteiger partial charge in [-0.3, -0.25) is 9.69 Å². The molecule has 0 fully saturated rings. The molecule has 0 saturated heterocycles. The van der Waals surface area contributed by atoms with Gasteiger partial charge in [0.25, 0.3) is 0 Å². The summed E-state index contributed by atoms with van der Waals surface area (Å²) in [4.78, 5) is 17.4. The highest BCUT2D eigenvalue weighted by molar-refractivity contribution is 7.09. The molecule has 0 atom stereocenters. The van der Waals surface area contributed by atoms with Crippen molar-refractivity contribution in [2.45, 2.75) is 32.9 Å². The van der Waals surface area contributed by atoms with E-state index in [9.17, 15) is 4.79 Å². The lowest BCUT2D eigenvalue weighted by Crippen LogP contribution is -2.35. The quantitative estimate of drug-likeness (QED) is 0.854. The lowest BCUT2D eigenvalue weighted by molar-refractivity contribution is -0.138. The molecule has 0 aliphatic heterocycles. The molecule has 0 saturated carbocycles. The molecule has 0 radical (unpaired) electrons. The highest BCUT2D eigenvalue weighted by Crippen LogP contribution is 2.16. The maximum absolute atomic E-state index is 10.9. The normalized spacial score (nSPS) is 11.2. The Bertz CT molecular complexity index is 581. The third-order valence-electron chi connectivity index (χ3n) is 3.23. The van der Waals surface area contributed by atoms with Gasteiger partial charge in [0.2, 0.25) is 0 Å². The number of hydrogen-bond donors (Lipinski definition) is 1. The molecule has 21 heavy (non-hydrogen) atoms. The van der Waals surface area contributed by atoms with Crippen LogP contribution in [0.1, 0.15) is 30.1 Å². The van der Waals surface area contributed by atoms with Crippen molar-refractivity contribution in [1.82, 2.24) is 9.88 Å². The van der Waals surface area contributed by atoms with Gasteiger partial charge in [0.15, 0.2) is 0 Å². The molecule has 0 bridgehead atoms. The van der Waals surface area contributed by atoms with Crippen LogP contribution in [0.3, 0.4) is 0 Å². The Hall–Kier alpha value is -1.72. The van der Waals surface area contributed by atoms with Crippen LogP contribution in [0.2, 0.25) is 0 Å². The number of aromatic nitrogens is 1. The molecule has 0 amide bonds. The molecule has 2 aromatic rings. The zero-order valence-corrected chi connectivity index (χ0v) is 13.1. The van der Waals surface area contributed by atoms with Crippen molar-refractivity contribution in [1.29, 1.82) is 0 Å². The second kappa shape index (κ2) is 7.33. The number of benzene rings is 1. The predicted octanol–water partition coefficient (Wildman–Crippen LogP) is 3.03. The van der Waals surface area contributed by atoms with Crippen LogP contribution in [0.5, 0.6) is 0 Å². The van der Waals surface area contributed by atoms with Crippen LogP contribution < -0.4 is 0 Å². The number of nitrogens with zero attached hydrogens (tertiary/aromatic N) is 2. The summed E-state index contributed by atoms with van der Waals surface area (Å²) < 4.78 is 0. The fourth-order valence-corrected chi connectivity index (χ4v) is 2.90. The summed E-state index contributed by atoms with van der Waals surface area (Å²) >= 11 is 1.63. The van der Waals surface area contributed by atoms with Gasteiger partial charge in [-0.05, 0) is 19.4 Å². The van der Waals surface area contributed by atoms with Crippen LogP contribution in [0.15, 0.2) is 35.7 Å². The average molecular weight is 304 g/mol. The lowest BCUT2D eigenvalue weighted by Gasteiger charge is -2.23. The molecule has 4 nitrogen and oxygen atoms in total. The van der Waals surface area contributed by atoms with Gasteiger partial charge in [-0.15, -0.1) is 11.3 Å². The van der Waals surface area contributed by atoms with E-state index in [0.29, 0.717) is 6.54 Å². The van der Waals surface area contributed by atoms with Gasteiger partial charge in [-0.1, -0.05) is 30.3 Å². The van der Waals surface area contributed by atoms with E-state index in [1.54, 1.807) is 11.3 Å². The SMILES string of the molecule is CC(C)N(CC(=O)O)Cc1csc(Cc2ccccc2)n1. The molecule has 0 unspecified atom stereocenters. The molecule has 2 rings (SSSR count). The number of rotatable bonds is 7. The predicted molar refractivity (Wildman–Crippen MR) is 84.5 cm³/mol. The fraction of sp³-hybridized carbons (Fsp3) is 0.375. The molecule has 1 aromatic carbocycles. The summed E-state index contributed by atoms with van der Waals surface area (Å²) in [6.45, 7) is 4.62. The molecule has 0 spiro atoms. The Morgan fingerprint density at radius 1 is 1.33 bits per heavy atom. The molecular formula is C16H20N2O2S. The van der Waals surface area contributed by atoms with Crippen LogP contribution in [-0.4, -0.2) is 33.5 Å². The number of hydrogen-bond acceptors (Lipinski definition) is 4. The largest absolute Gasteiger partial charge is 0.480 e. The van der Waals surface area contributed by atoms with Crippen molar-refractivity contribution in [2.75, 3.05) is 6.54 Å². The minimum atomic E-state index is -0.802. The molecule has 1 aromatic heterocycles. The van der Waals surface area contributed by atoms with E-state index in [0.717, 1.165) is 17.1 Å². The summed E-state index contributed by atoms with van der Waals surface area (Å²) in [5, 5.41) is 12.0. The zero-order valence-electron chi connectivity index (χ0n) is 12.3. The molecule has 1 N–H and O–H groups in total. The van der Waals surface area contributed by atoms with Crippen LogP contribution in [0.4, 0.5) is 0 Å². The van der Waals surface area contributed by atoms with Gasteiger partial charge in [0, 0.05) is 24.4 Å². The van der Waals surface area contributed by atoms with Crippen LogP contribution in [0.25, 0.3) is 0 Å². The number of thiazole rings is 1. The van der Waals surface area contributed by atoms with E-state index >= 15 is 0 Å². The second-order valence-corrected chi connectivity index (χ2v) is 6.23. The smallest absolute Gasteiger partial charge is 0.317 e. The monoisotopic (exact) mass is 304 g/mol. The van der Waals surface area contributed by atoms with E-state index in [1.165, 1.54) is 5.56 Å². The van der Waals surface area contributed by atoms with Crippen molar-refractivity contribution < 1.29 is 9.90 Å². The van der Waals surface area contributed by atoms with Crippen molar-refractivity contribution in [3.8, 4) is 0 Å². The van der Waals surface area contributed by atoms with Crippen molar-refractivity contribution in [2.24, 2.45) is 0 Å². The first kappa shape index (κ1) is 15.7. The van der Waals surface area contributed by atoms with Gasteiger partial charge in [-0.2, -0.15) is 0 Å². The molecular weight excluding hydrogens is 284 g/mol. The fourth-order valence-electron chi connectivity index (χ4n) is 2.08. The first-order chi connectivity index (χ1) is 10.0. The van der Waals surface area contributed by atoms with Gasteiger partial charge >= 0.3 is 5.97 Å². The Morgan fingerprint density at radius 3 is 2.67 bits per heavy atom. The minimum Gasteiger partial charge on any atom is -0.480 e. The van der Waals surface area contributed by atoms with Gasteiger partial charge in [0.1, 0.15) is 0 Å². The summed E-state index contributed by atoms with van der Waals surface area (Å²) in [6.07, 6.45) is 0.826. The van der Waals surface area contributed by atoms with Crippen LogP contribution in [-0.2, 0) is 17.8 Å². The maximum Gasteiger partial charge on any atom is 0.317 e. The second-order valence-electron chi connectivity index (χ2n) is 5.29. The van der Waals surface area contributed by atoms with Crippen molar-refractivity contribution >= 4 is 17.3 Å². The first-order valence-electron chi connectivity index (χ1n) is 6.97. The standard InChI is InChI=1S/C16H20N2O2S/c1-12(2)18(10-16(19)20)9-14-11-21-15(17-14)8-13-6-4-3-5-7-13/h3-7,11-12H,8-10H2,1-2H3,(H,19,20). The van der Waals surface area contributed by atoms with E-state index in [4.69, 9.17) is 5.11 Å². The Labute approximate surface area is 129 Å². The summed E-state index contributed by atoms with van der Waals surface area (Å²) in [7, 11) is 0. The van der Waals surface area contributed by atoms with E-state index in [1.807, 2.05) is 42.3 Å². The Balaban J connectivity index is 2.00. The van der Waals surface area contributed by atoms with Gasteiger partial charge < -0.3 is 5.11 Å². The summed E-state index contributed by atoms with van der Waals surface area (Å²) in [5.74, 6) is -0.802. The minimum absolute atomic E-state index is 0.0449. The highest BCUT2D eigenvalue weighted by atomic mass is 32.1. The molecule has 1 heterocycles. The highest BCUT2D eigenvalue weighted by Gasteiger charge is 2.15. The number of carboxylic acids is 1. The summed E-state index contributed by atoms with van der Waals surface area (Å²) in [5.41, 5.74) is 2.19. The van der Waals surface area contributed by atoms with E-state index in [-0.39, 0.29) is 12.6 Å². The van der Waals surface area contributed by atoms with Gasteiger partial charge in [0.05, 0.1) is 17.2 Å². The van der Waals surface area contributed by atoms with Gasteiger partial charge in [-0.25, -0.2) is 4.98 Å². The number of carbonyl (C=O) groups is 1. The number of carboxylic acid groups (broad SMARTS) is 1. The average Bonchev–Trinajstić information content (AvgIpc) is 2.86. The lowest BCUT2D eigenvalue weighted by atomic mass is 10.2.